The number of hydrogen-bond acceptors (Lipinski definition) is 5. The first-order valence-electron chi connectivity index (χ1n) is 9.30. The zero-order chi connectivity index (χ0) is 18.5. The first kappa shape index (κ1) is 17.5. The molecule has 3 aromatic rings. The summed E-state index contributed by atoms with van der Waals surface area (Å²) >= 11 is 0. The third-order valence-corrected chi connectivity index (χ3v) is 4.92. The quantitative estimate of drug-likeness (QED) is 0.675. The van der Waals surface area contributed by atoms with Gasteiger partial charge in [0, 0.05) is 51.7 Å². The Balaban J connectivity index is 1.20. The van der Waals surface area contributed by atoms with Gasteiger partial charge in [-0.1, -0.05) is 6.07 Å². The minimum absolute atomic E-state index is 0.657. The van der Waals surface area contributed by atoms with Crippen molar-refractivity contribution in [2.45, 2.75) is 6.54 Å². The molecule has 1 aliphatic rings. The average molecular weight is 361 g/mol. The van der Waals surface area contributed by atoms with Crippen LogP contribution in [0.2, 0.25) is 0 Å². The summed E-state index contributed by atoms with van der Waals surface area (Å²) < 4.78 is 7.86. The number of aromatic nitrogens is 2. The third-order valence-electron chi connectivity index (χ3n) is 4.92. The normalized spacial score (nSPS) is 15.7. The van der Waals surface area contributed by atoms with E-state index in [1.807, 2.05) is 36.5 Å². The fraction of sp³-hybridized carbons (Fsp3) is 0.333. The lowest BCUT2D eigenvalue weighted by Gasteiger charge is -2.34. The van der Waals surface area contributed by atoms with Crippen molar-refractivity contribution >= 4 is 5.65 Å². The molecule has 3 heterocycles. The highest BCUT2D eigenvalue weighted by Gasteiger charge is 2.17. The summed E-state index contributed by atoms with van der Waals surface area (Å²) in [5.41, 5.74) is 2.79. The molecule has 0 unspecified atom stereocenters. The molecule has 0 bridgehead atoms. The Morgan fingerprint density at radius 3 is 2.52 bits per heavy atom. The Labute approximate surface area is 159 Å². The summed E-state index contributed by atoms with van der Waals surface area (Å²) in [5, 5.41) is 8.82. The lowest BCUT2D eigenvalue weighted by Crippen LogP contribution is -2.47. The van der Waals surface area contributed by atoms with E-state index >= 15 is 0 Å². The van der Waals surface area contributed by atoms with Gasteiger partial charge < -0.3 is 9.14 Å². The second-order valence-corrected chi connectivity index (χ2v) is 6.80. The van der Waals surface area contributed by atoms with Gasteiger partial charge in [-0.3, -0.25) is 9.80 Å². The molecule has 138 valence electrons. The molecule has 0 N–H and O–H groups in total. The van der Waals surface area contributed by atoms with Gasteiger partial charge in [-0.15, -0.1) is 0 Å². The molecule has 1 saturated heterocycles. The summed E-state index contributed by atoms with van der Waals surface area (Å²) in [4.78, 5) is 9.58. The second-order valence-electron chi connectivity index (χ2n) is 6.80. The molecule has 6 nitrogen and oxygen atoms in total. The van der Waals surface area contributed by atoms with Crippen molar-refractivity contribution < 1.29 is 4.74 Å². The first-order chi connectivity index (χ1) is 13.3. The SMILES string of the molecule is N#Cc1ccc(OCCN2CCN(Cc3cn4ccccc4n3)CC2)cc1. The fourth-order valence-electron chi connectivity index (χ4n) is 3.38. The number of piperazine rings is 1. The minimum Gasteiger partial charge on any atom is -0.492 e. The maximum Gasteiger partial charge on any atom is 0.137 e. The minimum atomic E-state index is 0.657. The van der Waals surface area contributed by atoms with Crippen LogP contribution in [0.5, 0.6) is 5.75 Å². The van der Waals surface area contributed by atoms with Gasteiger partial charge in [0.15, 0.2) is 0 Å². The maximum absolute atomic E-state index is 8.82. The zero-order valence-electron chi connectivity index (χ0n) is 15.3. The van der Waals surface area contributed by atoms with Gasteiger partial charge in [-0.25, -0.2) is 4.98 Å². The summed E-state index contributed by atoms with van der Waals surface area (Å²) in [6, 6.07) is 15.5. The Bertz CT molecular complexity index is 887. The van der Waals surface area contributed by atoms with Crippen LogP contribution in [0.25, 0.3) is 5.65 Å². The number of benzene rings is 1. The van der Waals surface area contributed by atoms with E-state index in [2.05, 4.69) is 31.5 Å². The predicted octanol–water partition coefficient (Wildman–Crippen LogP) is 2.40. The van der Waals surface area contributed by atoms with Gasteiger partial charge in [0.1, 0.15) is 18.0 Å². The Kier molecular flexibility index (Phi) is 5.33. The molecular weight excluding hydrogens is 338 g/mol. The van der Waals surface area contributed by atoms with E-state index in [1.165, 1.54) is 0 Å². The summed E-state index contributed by atoms with van der Waals surface area (Å²) in [6.07, 6.45) is 4.16. The van der Waals surface area contributed by atoms with Crippen molar-refractivity contribution in [1.82, 2.24) is 19.2 Å². The van der Waals surface area contributed by atoms with Crippen LogP contribution in [0.4, 0.5) is 0 Å². The van der Waals surface area contributed by atoms with Crippen LogP contribution in [0.1, 0.15) is 11.3 Å². The van der Waals surface area contributed by atoms with Crippen LogP contribution in [0, 0.1) is 11.3 Å². The van der Waals surface area contributed by atoms with E-state index in [1.54, 1.807) is 12.1 Å². The van der Waals surface area contributed by atoms with Gasteiger partial charge >= 0.3 is 0 Å². The van der Waals surface area contributed by atoms with Crippen LogP contribution in [-0.4, -0.2) is 58.5 Å². The molecule has 0 aliphatic carbocycles. The molecule has 0 spiro atoms. The Hall–Kier alpha value is -2.88. The number of rotatable bonds is 6. The molecule has 4 rings (SSSR count). The molecule has 6 heteroatoms. The molecule has 0 radical (unpaired) electrons. The van der Waals surface area contributed by atoms with E-state index in [9.17, 15) is 0 Å². The topological polar surface area (TPSA) is 56.8 Å². The number of nitrogens with zero attached hydrogens (tertiary/aromatic N) is 5. The van der Waals surface area contributed by atoms with E-state index < -0.39 is 0 Å². The van der Waals surface area contributed by atoms with Crippen molar-refractivity contribution in [2.24, 2.45) is 0 Å². The van der Waals surface area contributed by atoms with Gasteiger partial charge in [0.25, 0.3) is 0 Å². The molecule has 0 saturated carbocycles. The van der Waals surface area contributed by atoms with Gasteiger partial charge in [-0.2, -0.15) is 5.26 Å². The van der Waals surface area contributed by atoms with Crippen LogP contribution in [-0.2, 0) is 6.54 Å². The van der Waals surface area contributed by atoms with Crippen molar-refractivity contribution in [3.05, 3.63) is 66.1 Å². The highest BCUT2D eigenvalue weighted by Crippen LogP contribution is 2.12. The third kappa shape index (κ3) is 4.45. The van der Waals surface area contributed by atoms with E-state index in [4.69, 9.17) is 10.00 Å². The van der Waals surface area contributed by atoms with Crippen LogP contribution < -0.4 is 4.74 Å². The number of ether oxygens (including phenoxy) is 1. The molecule has 1 aromatic carbocycles. The van der Waals surface area contributed by atoms with Crippen molar-refractivity contribution in [1.29, 1.82) is 5.26 Å². The van der Waals surface area contributed by atoms with E-state index in [0.29, 0.717) is 12.2 Å². The monoisotopic (exact) mass is 361 g/mol. The van der Waals surface area contributed by atoms with Crippen LogP contribution in [0.15, 0.2) is 54.9 Å². The predicted molar refractivity (Wildman–Crippen MR) is 104 cm³/mol. The van der Waals surface area contributed by atoms with Crippen molar-refractivity contribution in [3.8, 4) is 11.8 Å². The Morgan fingerprint density at radius 2 is 1.78 bits per heavy atom. The van der Waals surface area contributed by atoms with Crippen LogP contribution >= 0.6 is 0 Å². The van der Waals surface area contributed by atoms with Gasteiger partial charge in [-0.05, 0) is 36.4 Å². The lowest BCUT2D eigenvalue weighted by molar-refractivity contribution is 0.112. The number of pyridine rings is 1. The van der Waals surface area contributed by atoms with Crippen molar-refractivity contribution in [2.75, 3.05) is 39.3 Å². The standard InChI is InChI=1S/C21H23N5O/c22-15-18-4-6-20(7-5-18)27-14-13-24-9-11-25(12-10-24)16-19-17-26-8-2-1-3-21(26)23-19/h1-8,17H,9-14,16H2. The van der Waals surface area contributed by atoms with Crippen molar-refractivity contribution in [3.63, 3.8) is 0 Å². The maximum atomic E-state index is 8.82. The molecule has 27 heavy (non-hydrogen) atoms. The average Bonchev–Trinajstić information content (AvgIpc) is 3.12. The molecule has 0 amide bonds. The zero-order valence-corrected chi connectivity index (χ0v) is 15.3. The van der Waals surface area contributed by atoms with Gasteiger partial charge in [0.2, 0.25) is 0 Å². The van der Waals surface area contributed by atoms with E-state index in [0.717, 1.165) is 56.4 Å². The molecule has 1 aliphatic heterocycles. The molecule has 0 atom stereocenters. The smallest absolute Gasteiger partial charge is 0.137 e. The Morgan fingerprint density at radius 1 is 1.00 bits per heavy atom. The molecular formula is C21H23N5O. The first-order valence-corrected chi connectivity index (χ1v) is 9.30. The number of imidazole rings is 1. The number of nitriles is 1. The molecule has 2 aromatic heterocycles. The summed E-state index contributed by atoms with van der Waals surface area (Å²) in [6.45, 7) is 6.67. The highest BCUT2D eigenvalue weighted by atomic mass is 16.5. The van der Waals surface area contributed by atoms with Crippen LogP contribution in [0.3, 0.4) is 0 Å². The van der Waals surface area contributed by atoms with E-state index in [-0.39, 0.29) is 0 Å². The number of hydrogen-bond donors (Lipinski definition) is 0. The summed E-state index contributed by atoms with van der Waals surface area (Å²) in [7, 11) is 0. The fourth-order valence-corrected chi connectivity index (χ4v) is 3.38. The van der Waals surface area contributed by atoms with Gasteiger partial charge in [0.05, 0.1) is 17.3 Å². The molecule has 1 fully saturated rings. The number of fused-ring (bicyclic) bond motifs is 1. The second kappa shape index (κ2) is 8.21. The lowest BCUT2D eigenvalue weighted by atomic mass is 10.2. The summed E-state index contributed by atoms with van der Waals surface area (Å²) in [5.74, 6) is 0.819. The largest absolute Gasteiger partial charge is 0.492 e. The highest BCUT2D eigenvalue weighted by molar-refractivity contribution is 5.39.